The third kappa shape index (κ3) is 2.93. The number of hydrogen-bond donors (Lipinski definition) is 1. The van der Waals surface area contributed by atoms with Gasteiger partial charge in [-0.1, -0.05) is 0 Å². The van der Waals surface area contributed by atoms with Crippen LogP contribution in [0.3, 0.4) is 0 Å². The zero-order valence-corrected chi connectivity index (χ0v) is 12.0. The van der Waals surface area contributed by atoms with Gasteiger partial charge in [-0.2, -0.15) is 10.4 Å². The molecule has 2 rings (SSSR count). The molecule has 22 heavy (non-hydrogen) atoms. The molecule has 1 aromatic carbocycles. The van der Waals surface area contributed by atoms with Gasteiger partial charge in [-0.3, -0.25) is 4.79 Å². The molecule has 1 amide bonds. The first-order valence-electron chi connectivity index (χ1n) is 6.23. The molecule has 0 aliphatic carbocycles. The highest BCUT2D eigenvalue weighted by atomic mass is 19.1. The number of nitrogens with zero attached hydrogens (tertiary/aromatic N) is 5. The molecule has 0 saturated heterocycles. The van der Waals surface area contributed by atoms with Crippen LogP contribution < -0.4 is 5.73 Å². The summed E-state index contributed by atoms with van der Waals surface area (Å²) in [5.74, 6) is -1.10. The number of amides is 1. The summed E-state index contributed by atoms with van der Waals surface area (Å²) in [6.07, 6.45) is 1.46. The molecule has 7 nitrogen and oxygen atoms in total. The average Bonchev–Trinajstić information content (AvgIpc) is 2.84. The fourth-order valence-electron chi connectivity index (χ4n) is 1.74. The highest BCUT2D eigenvalue weighted by Crippen LogP contribution is 2.26. The largest absolute Gasteiger partial charge is 0.369 e. The Morgan fingerprint density at radius 3 is 2.59 bits per heavy atom. The van der Waals surface area contributed by atoms with Gasteiger partial charge in [-0.05, 0) is 24.3 Å². The Bertz CT molecular complexity index is 770. The summed E-state index contributed by atoms with van der Waals surface area (Å²) < 4.78 is 14.3. The van der Waals surface area contributed by atoms with E-state index in [2.05, 4.69) is 10.1 Å². The van der Waals surface area contributed by atoms with E-state index in [1.807, 2.05) is 6.07 Å². The number of carbonyl (C=O) groups is 1. The van der Waals surface area contributed by atoms with E-state index in [4.69, 9.17) is 5.73 Å². The standard InChI is InChI=1S/C14H13FN6O/c1-20(2)8-18-14-11(7-16)12(13(17)22)19-21(14)10-5-3-9(15)4-6-10/h3-6,8H,1-2H3,(H2,17,22). The van der Waals surface area contributed by atoms with Gasteiger partial charge in [0.25, 0.3) is 5.91 Å². The van der Waals surface area contributed by atoms with Gasteiger partial charge >= 0.3 is 0 Å². The van der Waals surface area contributed by atoms with Crippen LogP contribution in [0.5, 0.6) is 0 Å². The number of rotatable bonds is 4. The summed E-state index contributed by atoms with van der Waals surface area (Å²) >= 11 is 0. The van der Waals surface area contributed by atoms with Crippen molar-refractivity contribution in [2.24, 2.45) is 10.7 Å². The minimum absolute atomic E-state index is 0.0325. The molecule has 2 aromatic rings. The SMILES string of the molecule is CN(C)C=Nc1c(C#N)c(C(N)=O)nn1-c1ccc(F)cc1. The molecule has 0 unspecified atom stereocenters. The van der Waals surface area contributed by atoms with Crippen molar-refractivity contribution < 1.29 is 9.18 Å². The van der Waals surface area contributed by atoms with Crippen LogP contribution in [0.15, 0.2) is 29.3 Å². The number of benzene rings is 1. The van der Waals surface area contributed by atoms with Gasteiger partial charge in [0.15, 0.2) is 11.5 Å². The van der Waals surface area contributed by atoms with Crippen molar-refractivity contribution in [1.29, 1.82) is 5.26 Å². The van der Waals surface area contributed by atoms with Gasteiger partial charge in [0.1, 0.15) is 17.4 Å². The van der Waals surface area contributed by atoms with Crippen LogP contribution in [-0.2, 0) is 0 Å². The fourth-order valence-corrected chi connectivity index (χ4v) is 1.74. The molecular weight excluding hydrogens is 287 g/mol. The monoisotopic (exact) mass is 300 g/mol. The Kier molecular flexibility index (Phi) is 4.18. The lowest BCUT2D eigenvalue weighted by Gasteiger charge is -2.06. The number of aromatic nitrogens is 2. The van der Waals surface area contributed by atoms with Gasteiger partial charge < -0.3 is 10.6 Å². The van der Waals surface area contributed by atoms with E-state index < -0.39 is 11.7 Å². The molecule has 1 heterocycles. The maximum atomic E-state index is 13.0. The van der Waals surface area contributed by atoms with Gasteiger partial charge in [0.2, 0.25) is 0 Å². The summed E-state index contributed by atoms with van der Waals surface area (Å²) in [6, 6.07) is 7.29. The second-order valence-corrected chi connectivity index (χ2v) is 4.62. The lowest BCUT2D eigenvalue weighted by atomic mass is 10.2. The molecule has 0 atom stereocenters. The summed E-state index contributed by atoms with van der Waals surface area (Å²) in [4.78, 5) is 17.3. The van der Waals surface area contributed by atoms with Gasteiger partial charge in [0, 0.05) is 14.1 Å². The normalized spacial score (nSPS) is 10.6. The minimum atomic E-state index is -0.835. The van der Waals surface area contributed by atoms with Crippen molar-refractivity contribution >= 4 is 18.1 Å². The van der Waals surface area contributed by atoms with Crippen molar-refractivity contribution in [3.05, 3.63) is 41.3 Å². The maximum Gasteiger partial charge on any atom is 0.270 e. The fraction of sp³-hybridized carbons (Fsp3) is 0.143. The summed E-state index contributed by atoms with van der Waals surface area (Å²) in [5, 5.41) is 13.3. The molecule has 0 saturated carbocycles. The van der Waals surface area contributed by atoms with Crippen LogP contribution in [0.4, 0.5) is 10.2 Å². The summed E-state index contributed by atoms with van der Waals surface area (Å²) in [7, 11) is 3.51. The molecule has 0 spiro atoms. The van der Waals surface area contributed by atoms with E-state index in [0.29, 0.717) is 5.69 Å². The summed E-state index contributed by atoms with van der Waals surface area (Å²) in [6.45, 7) is 0. The predicted molar refractivity (Wildman–Crippen MR) is 78.6 cm³/mol. The summed E-state index contributed by atoms with van der Waals surface area (Å²) in [5.41, 5.74) is 5.48. The maximum absolute atomic E-state index is 13.0. The zero-order chi connectivity index (χ0) is 16.3. The van der Waals surface area contributed by atoms with Gasteiger partial charge in [-0.15, -0.1) is 0 Å². The first-order valence-corrected chi connectivity index (χ1v) is 6.23. The average molecular weight is 300 g/mol. The number of halogens is 1. The third-order valence-electron chi connectivity index (χ3n) is 2.69. The second kappa shape index (κ2) is 6.05. The molecule has 1 aromatic heterocycles. The first-order chi connectivity index (χ1) is 10.4. The Hall–Kier alpha value is -3.21. The van der Waals surface area contributed by atoms with Crippen molar-refractivity contribution in [3.63, 3.8) is 0 Å². The lowest BCUT2D eigenvalue weighted by Crippen LogP contribution is -2.13. The molecule has 0 aliphatic heterocycles. The highest BCUT2D eigenvalue weighted by molar-refractivity contribution is 5.95. The Morgan fingerprint density at radius 2 is 2.09 bits per heavy atom. The third-order valence-corrected chi connectivity index (χ3v) is 2.69. The van der Waals surface area contributed by atoms with Crippen LogP contribution in [-0.4, -0.2) is 41.0 Å². The lowest BCUT2D eigenvalue weighted by molar-refractivity contribution is 0.0995. The van der Waals surface area contributed by atoms with Crippen LogP contribution in [0.25, 0.3) is 5.69 Å². The van der Waals surface area contributed by atoms with E-state index in [9.17, 15) is 14.4 Å². The highest BCUT2D eigenvalue weighted by Gasteiger charge is 2.22. The molecule has 2 N–H and O–H groups in total. The van der Waals surface area contributed by atoms with Gasteiger partial charge in [-0.25, -0.2) is 14.1 Å². The van der Waals surface area contributed by atoms with E-state index in [1.165, 1.54) is 35.3 Å². The molecule has 8 heteroatoms. The van der Waals surface area contributed by atoms with E-state index >= 15 is 0 Å². The first kappa shape index (κ1) is 15.2. The van der Waals surface area contributed by atoms with Crippen LogP contribution in [0.1, 0.15) is 16.1 Å². The molecule has 0 radical (unpaired) electrons. The predicted octanol–water partition coefficient (Wildman–Crippen LogP) is 1.20. The minimum Gasteiger partial charge on any atom is -0.369 e. The van der Waals surface area contributed by atoms with Crippen LogP contribution in [0.2, 0.25) is 0 Å². The Balaban J connectivity index is 2.69. The zero-order valence-electron chi connectivity index (χ0n) is 12.0. The second-order valence-electron chi connectivity index (χ2n) is 4.62. The topological polar surface area (TPSA) is 100 Å². The quantitative estimate of drug-likeness (QED) is 0.677. The number of aliphatic imine (C=N–C) groups is 1. The van der Waals surface area contributed by atoms with Crippen molar-refractivity contribution in [1.82, 2.24) is 14.7 Å². The van der Waals surface area contributed by atoms with E-state index in [1.54, 1.807) is 19.0 Å². The number of hydrogen-bond acceptors (Lipinski definition) is 4. The molecule has 0 fully saturated rings. The van der Waals surface area contributed by atoms with E-state index in [0.717, 1.165) is 0 Å². The Labute approximate surface area is 126 Å². The molecular formula is C14H13FN6O. The van der Waals surface area contributed by atoms with Crippen molar-refractivity contribution in [2.45, 2.75) is 0 Å². The smallest absolute Gasteiger partial charge is 0.270 e. The van der Waals surface area contributed by atoms with Crippen molar-refractivity contribution in [3.8, 4) is 11.8 Å². The van der Waals surface area contributed by atoms with E-state index in [-0.39, 0.29) is 17.1 Å². The van der Waals surface area contributed by atoms with Crippen LogP contribution in [0, 0.1) is 17.1 Å². The Morgan fingerprint density at radius 1 is 1.45 bits per heavy atom. The van der Waals surface area contributed by atoms with Gasteiger partial charge in [0.05, 0.1) is 12.0 Å². The number of nitrogens with two attached hydrogens (primary N) is 1. The van der Waals surface area contributed by atoms with Crippen LogP contribution >= 0.6 is 0 Å². The molecule has 0 bridgehead atoms. The molecule has 112 valence electrons. The number of carbonyl (C=O) groups excluding carboxylic acids is 1. The van der Waals surface area contributed by atoms with Crippen molar-refractivity contribution in [2.75, 3.05) is 14.1 Å². The number of nitriles is 1. The number of primary amides is 1. The molecule has 0 aliphatic rings.